The van der Waals surface area contributed by atoms with Crippen LogP contribution in [-0.4, -0.2) is 62.7 Å². The minimum Gasteiger partial charge on any atom is -0.378 e. The van der Waals surface area contributed by atoms with Crippen LogP contribution in [0, 0.1) is 5.92 Å². The molecule has 1 heterocycles. The summed E-state index contributed by atoms with van der Waals surface area (Å²) in [5.74, 6) is 1.38. The van der Waals surface area contributed by atoms with Gasteiger partial charge in [-0.2, -0.15) is 0 Å². The van der Waals surface area contributed by atoms with E-state index in [1.807, 2.05) is 0 Å². The largest absolute Gasteiger partial charge is 0.378 e. The number of unbranched alkanes of at least 4 members (excludes halogenated alkanes) is 1. The Labute approximate surface area is 153 Å². The molecular formula is C19H38N4O2. The number of amides is 1. The van der Waals surface area contributed by atoms with Gasteiger partial charge in [0.15, 0.2) is 5.96 Å². The maximum absolute atomic E-state index is 11.8. The van der Waals surface area contributed by atoms with Gasteiger partial charge in [0.05, 0.1) is 6.10 Å². The first-order chi connectivity index (χ1) is 12.0. The zero-order valence-electron chi connectivity index (χ0n) is 16.8. The average Bonchev–Trinajstić information content (AvgIpc) is 2.60. The number of aliphatic imine (C=N–C) groups is 1. The molecule has 6 heteroatoms. The number of hydrogen-bond acceptors (Lipinski definition) is 3. The second kappa shape index (κ2) is 12.1. The Bertz CT molecular complexity index is 408. The standard InChI is InChI=1S/C19H38N4O2/c1-6-9-11-20-19(21-14-18(24)23(4)5)22-16-10-12-25-17(13-16)15(7-2)8-3/h15-17H,6-14H2,1-5H3,(H2,20,21,22). The third kappa shape index (κ3) is 8.08. The van der Waals surface area contributed by atoms with Gasteiger partial charge in [-0.3, -0.25) is 4.79 Å². The van der Waals surface area contributed by atoms with E-state index < -0.39 is 0 Å². The van der Waals surface area contributed by atoms with Crippen LogP contribution in [0.15, 0.2) is 4.99 Å². The van der Waals surface area contributed by atoms with Crippen molar-refractivity contribution in [2.45, 2.75) is 71.4 Å². The summed E-state index contributed by atoms with van der Waals surface area (Å²) in [5.41, 5.74) is 0. The normalized spacial score (nSPS) is 21.3. The first-order valence-electron chi connectivity index (χ1n) is 9.88. The topological polar surface area (TPSA) is 66.0 Å². The van der Waals surface area contributed by atoms with Crippen molar-refractivity contribution in [2.75, 3.05) is 33.8 Å². The van der Waals surface area contributed by atoms with Gasteiger partial charge in [0.2, 0.25) is 5.91 Å². The van der Waals surface area contributed by atoms with E-state index in [0.29, 0.717) is 18.1 Å². The van der Waals surface area contributed by atoms with Crippen LogP contribution in [0.3, 0.4) is 0 Å². The van der Waals surface area contributed by atoms with Gasteiger partial charge in [0.1, 0.15) is 6.54 Å². The molecule has 0 saturated carbocycles. The summed E-state index contributed by atoms with van der Waals surface area (Å²) in [5, 5.41) is 6.89. The summed E-state index contributed by atoms with van der Waals surface area (Å²) >= 11 is 0. The zero-order chi connectivity index (χ0) is 18.7. The predicted octanol–water partition coefficient (Wildman–Crippen LogP) is 2.39. The van der Waals surface area contributed by atoms with Gasteiger partial charge >= 0.3 is 0 Å². The number of hydrogen-bond donors (Lipinski definition) is 2. The number of guanidine groups is 1. The van der Waals surface area contributed by atoms with E-state index in [1.54, 1.807) is 19.0 Å². The number of ether oxygens (including phenoxy) is 1. The van der Waals surface area contributed by atoms with Crippen LogP contribution >= 0.6 is 0 Å². The van der Waals surface area contributed by atoms with Gasteiger partial charge in [0, 0.05) is 33.3 Å². The van der Waals surface area contributed by atoms with Crippen molar-refractivity contribution in [2.24, 2.45) is 10.9 Å². The number of nitrogens with zero attached hydrogens (tertiary/aromatic N) is 2. The van der Waals surface area contributed by atoms with Crippen LogP contribution in [0.2, 0.25) is 0 Å². The van der Waals surface area contributed by atoms with Gasteiger partial charge in [-0.1, -0.05) is 40.0 Å². The number of likely N-dealkylation sites (N-methyl/N-ethyl adjacent to an activating group) is 1. The first kappa shape index (κ1) is 21.7. The third-order valence-electron chi connectivity index (χ3n) is 4.92. The molecule has 0 aliphatic carbocycles. The molecule has 0 aromatic heterocycles. The third-order valence-corrected chi connectivity index (χ3v) is 4.92. The fraction of sp³-hybridized carbons (Fsp3) is 0.895. The summed E-state index contributed by atoms with van der Waals surface area (Å²) in [6.45, 7) is 8.48. The van der Waals surface area contributed by atoms with Gasteiger partial charge < -0.3 is 20.3 Å². The molecule has 0 bridgehead atoms. The SMILES string of the molecule is CCCCNC(=NCC(=O)N(C)C)NC1CCOC(C(CC)CC)C1. The van der Waals surface area contributed by atoms with Gasteiger partial charge in [-0.05, 0) is 25.2 Å². The average molecular weight is 355 g/mol. The van der Waals surface area contributed by atoms with Crippen LogP contribution in [0.5, 0.6) is 0 Å². The maximum Gasteiger partial charge on any atom is 0.243 e. The number of carbonyl (C=O) groups excluding carboxylic acids is 1. The van der Waals surface area contributed by atoms with Gasteiger partial charge in [-0.25, -0.2) is 4.99 Å². The quantitative estimate of drug-likeness (QED) is 0.379. The molecule has 1 aliphatic heterocycles. The molecule has 2 N–H and O–H groups in total. The fourth-order valence-corrected chi connectivity index (χ4v) is 3.12. The highest BCUT2D eigenvalue weighted by Gasteiger charge is 2.28. The number of rotatable bonds is 9. The van der Waals surface area contributed by atoms with E-state index in [4.69, 9.17) is 4.74 Å². The lowest BCUT2D eigenvalue weighted by Gasteiger charge is -2.35. The van der Waals surface area contributed by atoms with E-state index in [0.717, 1.165) is 57.6 Å². The van der Waals surface area contributed by atoms with Crippen molar-refractivity contribution >= 4 is 11.9 Å². The van der Waals surface area contributed by atoms with Crippen LogP contribution in [0.4, 0.5) is 0 Å². The monoisotopic (exact) mass is 354 g/mol. The molecule has 1 aliphatic rings. The lowest BCUT2D eigenvalue weighted by atomic mass is 9.89. The molecule has 2 unspecified atom stereocenters. The van der Waals surface area contributed by atoms with Crippen LogP contribution in [0.1, 0.15) is 59.3 Å². The molecule has 25 heavy (non-hydrogen) atoms. The predicted molar refractivity (Wildman–Crippen MR) is 104 cm³/mol. The molecule has 146 valence electrons. The van der Waals surface area contributed by atoms with Crippen LogP contribution in [0.25, 0.3) is 0 Å². The maximum atomic E-state index is 11.8. The second-order valence-corrected chi connectivity index (χ2v) is 7.08. The van der Waals surface area contributed by atoms with Crippen molar-refractivity contribution in [1.82, 2.24) is 15.5 Å². The summed E-state index contributed by atoms with van der Waals surface area (Å²) in [6, 6.07) is 0.349. The molecule has 0 spiro atoms. The summed E-state index contributed by atoms with van der Waals surface area (Å²) < 4.78 is 6.00. The molecule has 2 atom stereocenters. The molecule has 1 amide bonds. The van der Waals surface area contributed by atoms with Crippen molar-refractivity contribution < 1.29 is 9.53 Å². The molecule has 0 radical (unpaired) electrons. The van der Waals surface area contributed by atoms with Crippen molar-refractivity contribution in [3.63, 3.8) is 0 Å². The van der Waals surface area contributed by atoms with Crippen molar-refractivity contribution in [3.05, 3.63) is 0 Å². The molecule has 0 aromatic carbocycles. The van der Waals surface area contributed by atoms with Crippen LogP contribution in [-0.2, 0) is 9.53 Å². The number of carbonyl (C=O) groups is 1. The van der Waals surface area contributed by atoms with E-state index in [2.05, 4.69) is 36.4 Å². The number of nitrogens with one attached hydrogen (secondary N) is 2. The Morgan fingerprint density at radius 2 is 2.00 bits per heavy atom. The molecule has 1 rings (SSSR count). The Hall–Kier alpha value is -1.30. The molecular weight excluding hydrogens is 316 g/mol. The Kier molecular flexibility index (Phi) is 10.5. The van der Waals surface area contributed by atoms with Crippen molar-refractivity contribution in [3.8, 4) is 0 Å². The highest BCUT2D eigenvalue weighted by atomic mass is 16.5. The highest BCUT2D eigenvalue weighted by molar-refractivity contribution is 5.84. The van der Waals surface area contributed by atoms with E-state index in [1.165, 1.54) is 0 Å². The summed E-state index contributed by atoms with van der Waals surface area (Å²) in [7, 11) is 3.52. The van der Waals surface area contributed by atoms with Crippen molar-refractivity contribution in [1.29, 1.82) is 0 Å². The summed E-state index contributed by atoms with van der Waals surface area (Å²) in [6.07, 6.45) is 6.83. The molecule has 6 nitrogen and oxygen atoms in total. The Balaban J connectivity index is 2.65. The lowest BCUT2D eigenvalue weighted by molar-refractivity contribution is -0.127. The van der Waals surface area contributed by atoms with Crippen LogP contribution < -0.4 is 10.6 Å². The highest BCUT2D eigenvalue weighted by Crippen LogP contribution is 2.25. The Morgan fingerprint density at radius 3 is 2.60 bits per heavy atom. The zero-order valence-corrected chi connectivity index (χ0v) is 16.8. The van der Waals surface area contributed by atoms with E-state index in [-0.39, 0.29) is 12.5 Å². The van der Waals surface area contributed by atoms with Gasteiger partial charge in [0.25, 0.3) is 0 Å². The molecule has 1 saturated heterocycles. The first-order valence-corrected chi connectivity index (χ1v) is 9.88. The molecule has 1 fully saturated rings. The minimum absolute atomic E-state index is 0.0125. The molecule has 0 aromatic rings. The van der Waals surface area contributed by atoms with Gasteiger partial charge in [-0.15, -0.1) is 0 Å². The van der Waals surface area contributed by atoms with E-state index >= 15 is 0 Å². The minimum atomic E-state index is 0.0125. The van der Waals surface area contributed by atoms with E-state index in [9.17, 15) is 4.79 Å². The Morgan fingerprint density at radius 1 is 1.28 bits per heavy atom. The second-order valence-electron chi connectivity index (χ2n) is 7.08. The smallest absolute Gasteiger partial charge is 0.243 e. The lowest BCUT2D eigenvalue weighted by Crippen LogP contribution is -2.49. The summed E-state index contributed by atoms with van der Waals surface area (Å²) in [4.78, 5) is 17.9. The fourth-order valence-electron chi connectivity index (χ4n) is 3.12.